The van der Waals surface area contributed by atoms with Crippen LogP contribution in [-0.2, 0) is 6.42 Å². The summed E-state index contributed by atoms with van der Waals surface area (Å²) in [6.07, 6.45) is 4.66. The van der Waals surface area contributed by atoms with Crippen LogP contribution < -0.4 is 5.73 Å². The molecule has 1 saturated carbocycles. The van der Waals surface area contributed by atoms with E-state index in [0.717, 1.165) is 18.3 Å². The molecule has 0 radical (unpaired) electrons. The van der Waals surface area contributed by atoms with Crippen molar-refractivity contribution in [3.63, 3.8) is 0 Å². The summed E-state index contributed by atoms with van der Waals surface area (Å²) in [5, 5.41) is 0. The Balaban J connectivity index is 2.05. The molecule has 0 amide bonds. The summed E-state index contributed by atoms with van der Waals surface area (Å²) in [4.78, 5) is 0. The first-order valence-electron chi connectivity index (χ1n) is 6.83. The van der Waals surface area contributed by atoms with Crippen LogP contribution >= 0.6 is 0 Å². The lowest BCUT2D eigenvalue weighted by molar-refractivity contribution is 0.176. The van der Waals surface area contributed by atoms with E-state index >= 15 is 0 Å². The minimum absolute atomic E-state index is 0.0290. The number of aryl methyl sites for hydroxylation is 1. The molecule has 1 aromatic carbocycles. The van der Waals surface area contributed by atoms with E-state index in [4.69, 9.17) is 5.73 Å². The van der Waals surface area contributed by atoms with Gasteiger partial charge >= 0.3 is 0 Å². The molecule has 0 spiro atoms. The lowest BCUT2D eigenvalue weighted by atomic mass is 9.69. The van der Waals surface area contributed by atoms with Gasteiger partial charge in [-0.15, -0.1) is 0 Å². The highest BCUT2D eigenvalue weighted by Crippen LogP contribution is 2.36. The molecule has 0 heterocycles. The molecular weight excluding hydrogens is 206 g/mol. The van der Waals surface area contributed by atoms with Gasteiger partial charge in [0.2, 0.25) is 0 Å². The Morgan fingerprint density at radius 2 is 1.82 bits per heavy atom. The zero-order valence-corrected chi connectivity index (χ0v) is 11.4. The first-order valence-corrected chi connectivity index (χ1v) is 6.83. The van der Waals surface area contributed by atoms with E-state index in [-0.39, 0.29) is 5.54 Å². The maximum Gasteiger partial charge on any atom is 0.0197 e. The standard InChI is InChI=1S/C16H25N/c1-12-4-6-15(7-5-12)11-16(17)9-8-13(2)14(3)10-16/h4-7,13-14H,8-11,17H2,1-3H3. The summed E-state index contributed by atoms with van der Waals surface area (Å²) in [6.45, 7) is 6.84. The minimum atomic E-state index is 0.0290. The van der Waals surface area contributed by atoms with Gasteiger partial charge in [0.25, 0.3) is 0 Å². The van der Waals surface area contributed by atoms with Gasteiger partial charge in [-0.2, -0.15) is 0 Å². The summed E-state index contributed by atoms with van der Waals surface area (Å²) < 4.78 is 0. The highest BCUT2D eigenvalue weighted by atomic mass is 14.7. The average Bonchev–Trinajstić information content (AvgIpc) is 2.28. The molecule has 3 unspecified atom stereocenters. The van der Waals surface area contributed by atoms with Crippen LogP contribution in [0, 0.1) is 18.8 Å². The van der Waals surface area contributed by atoms with Gasteiger partial charge < -0.3 is 5.73 Å². The van der Waals surface area contributed by atoms with Gasteiger partial charge in [0.1, 0.15) is 0 Å². The van der Waals surface area contributed by atoms with E-state index in [9.17, 15) is 0 Å². The molecule has 1 aliphatic carbocycles. The lowest BCUT2D eigenvalue weighted by Gasteiger charge is -2.40. The van der Waals surface area contributed by atoms with E-state index in [1.165, 1.54) is 30.4 Å². The van der Waals surface area contributed by atoms with Crippen molar-refractivity contribution in [1.29, 1.82) is 0 Å². The zero-order valence-electron chi connectivity index (χ0n) is 11.4. The van der Waals surface area contributed by atoms with Crippen molar-refractivity contribution in [3.8, 4) is 0 Å². The number of benzene rings is 1. The van der Waals surface area contributed by atoms with Crippen LogP contribution in [0.3, 0.4) is 0 Å². The van der Waals surface area contributed by atoms with E-state index < -0.39 is 0 Å². The Bertz CT molecular complexity index is 368. The number of hydrogen-bond donors (Lipinski definition) is 1. The Kier molecular flexibility index (Phi) is 3.58. The van der Waals surface area contributed by atoms with Gasteiger partial charge in [-0.3, -0.25) is 0 Å². The quantitative estimate of drug-likeness (QED) is 0.825. The third kappa shape index (κ3) is 3.10. The van der Waals surface area contributed by atoms with Crippen LogP contribution in [0.4, 0.5) is 0 Å². The minimum Gasteiger partial charge on any atom is -0.325 e. The van der Waals surface area contributed by atoms with Crippen LogP contribution in [0.15, 0.2) is 24.3 Å². The van der Waals surface area contributed by atoms with E-state index in [2.05, 4.69) is 45.0 Å². The number of rotatable bonds is 2. The first kappa shape index (κ1) is 12.6. The summed E-state index contributed by atoms with van der Waals surface area (Å²) in [7, 11) is 0. The van der Waals surface area contributed by atoms with Gasteiger partial charge in [-0.25, -0.2) is 0 Å². The number of hydrogen-bond acceptors (Lipinski definition) is 1. The third-order valence-electron chi connectivity index (χ3n) is 4.47. The summed E-state index contributed by atoms with van der Waals surface area (Å²) in [6, 6.07) is 8.83. The molecule has 1 heteroatoms. The topological polar surface area (TPSA) is 26.0 Å². The fourth-order valence-electron chi connectivity index (χ4n) is 3.02. The smallest absolute Gasteiger partial charge is 0.0197 e. The van der Waals surface area contributed by atoms with Crippen LogP contribution in [-0.4, -0.2) is 5.54 Å². The third-order valence-corrected chi connectivity index (χ3v) is 4.47. The molecule has 3 atom stereocenters. The van der Waals surface area contributed by atoms with Gasteiger partial charge in [0, 0.05) is 5.54 Å². The highest BCUT2D eigenvalue weighted by Gasteiger charge is 2.34. The molecule has 1 nitrogen and oxygen atoms in total. The molecule has 0 aromatic heterocycles. The van der Waals surface area contributed by atoms with Gasteiger partial charge in [0.05, 0.1) is 0 Å². The van der Waals surface area contributed by atoms with Crippen molar-refractivity contribution in [2.24, 2.45) is 17.6 Å². The normalized spacial score (nSPS) is 33.6. The molecule has 0 aliphatic heterocycles. The Labute approximate surface area is 105 Å². The van der Waals surface area contributed by atoms with Crippen molar-refractivity contribution in [1.82, 2.24) is 0 Å². The van der Waals surface area contributed by atoms with Crippen molar-refractivity contribution in [2.45, 2.75) is 52.0 Å². The molecule has 17 heavy (non-hydrogen) atoms. The fraction of sp³-hybridized carbons (Fsp3) is 0.625. The summed E-state index contributed by atoms with van der Waals surface area (Å²) >= 11 is 0. The van der Waals surface area contributed by atoms with E-state index in [0.29, 0.717) is 0 Å². The highest BCUT2D eigenvalue weighted by molar-refractivity contribution is 5.23. The van der Waals surface area contributed by atoms with Crippen LogP contribution in [0.2, 0.25) is 0 Å². The zero-order chi connectivity index (χ0) is 12.5. The monoisotopic (exact) mass is 231 g/mol. The molecule has 1 fully saturated rings. The van der Waals surface area contributed by atoms with E-state index in [1.54, 1.807) is 0 Å². The Morgan fingerprint density at radius 3 is 2.41 bits per heavy atom. The predicted molar refractivity (Wildman–Crippen MR) is 74.0 cm³/mol. The summed E-state index contributed by atoms with van der Waals surface area (Å²) in [5.41, 5.74) is 9.32. The van der Waals surface area contributed by atoms with Crippen LogP contribution in [0.1, 0.15) is 44.2 Å². The first-order chi connectivity index (χ1) is 7.98. The lowest BCUT2D eigenvalue weighted by Crippen LogP contribution is -2.47. The predicted octanol–water partition coefficient (Wildman–Crippen LogP) is 3.69. The molecule has 0 saturated heterocycles. The Hall–Kier alpha value is -0.820. The van der Waals surface area contributed by atoms with Crippen molar-refractivity contribution < 1.29 is 0 Å². The molecular formula is C16H25N. The number of nitrogens with two attached hydrogens (primary N) is 1. The van der Waals surface area contributed by atoms with Gasteiger partial charge in [0.15, 0.2) is 0 Å². The molecule has 2 N–H and O–H groups in total. The summed E-state index contributed by atoms with van der Waals surface area (Å²) in [5.74, 6) is 1.60. The van der Waals surface area contributed by atoms with Crippen molar-refractivity contribution in [3.05, 3.63) is 35.4 Å². The second-order valence-corrected chi connectivity index (χ2v) is 6.22. The molecule has 1 aliphatic rings. The maximum absolute atomic E-state index is 6.58. The second kappa shape index (κ2) is 4.81. The molecule has 94 valence electrons. The van der Waals surface area contributed by atoms with Gasteiger partial charge in [-0.05, 0) is 50.0 Å². The largest absolute Gasteiger partial charge is 0.325 e. The SMILES string of the molecule is Cc1ccc(CC2(N)CCC(C)C(C)C2)cc1. The van der Waals surface area contributed by atoms with Crippen LogP contribution in [0.25, 0.3) is 0 Å². The van der Waals surface area contributed by atoms with Crippen molar-refractivity contribution >= 4 is 0 Å². The average molecular weight is 231 g/mol. The Morgan fingerprint density at radius 1 is 1.18 bits per heavy atom. The van der Waals surface area contributed by atoms with Crippen LogP contribution in [0.5, 0.6) is 0 Å². The van der Waals surface area contributed by atoms with E-state index in [1.807, 2.05) is 0 Å². The molecule has 0 bridgehead atoms. The molecule has 1 aromatic rings. The second-order valence-electron chi connectivity index (χ2n) is 6.22. The van der Waals surface area contributed by atoms with Gasteiger partial charge in [-0.1, -0.05) is 43.7 Å². The fourth-order valence-corrected chi connectivity index (χ4v) is 3.02. The van der Waals surface area contributed by atoms with Crippen molar-refractivity contribution in [2.75, 3.05) is 0 Å². The molecule has 2 rings (SSSR count). The maximum atomic E-state index is 6.58.